The van der Waals surface area contributed by atoms with E-state index in [1.54, 1.807) is 0 Å². The second kappa shape index (κ2) is 2.30. The van der Waals surface area contributed by atoms with Crippen molar-refractivity contribution >= 4 is 5.82 Å². The van der Waals surface area contributed by atoms with Crippen LogP contribution in [-0.2, 0) is 6.42 Å². The molecule has 3 aliphatic rings. The quantitative estimate of drug-likeness (QED) is 0.678. The van der Waals surface area contributed by atoms with Gasteiger partial charge in [-0.2, -0.15) is 0 Å². The number of nitrogens with two attached hydrogens (primary N) is 1. The largest absolute Gasteiger partial charge is 0.384 e. The van der Waals surface area contributed by atoms with Crippen molar-refractivity contribution < 1.29 is 0 Å². The zero-order valence-corrected chi connectivity index (χ0v) is 8.75. The van der Waals surface area contributed by atoms with E-state index in [4.69, 9.17) is 5.73 Å². The van der Waals surface area contributed by atoms with Crippen molar-refractivity contribution in [1.29, 1.82) is 0 Å². The molecule has 2 nitrogen and oxygen atoms in total. The van der Waals surface area contributed by atoms with E-state index in [9.17, 15) is 0 Å². The zero-order valence-electron chi connectivity index (χ0n) is 8.75. The van der Waals surface area contributed by atoms with Crippen LogP contribution in [0.25, 0.3) is 0 Å². The number of pyridine rings is 1. The molecule has 0 aromatic carbocycles. The van der Waals surface area contributed by atoms with Gasteiger partial charge in [-0.15, -0.1) is 0 Å². The van der Waals surface area contributed by atoms with E-state index in [2.05, 4.69) is 24.9 Å². The van der Waals surface area contributed by atoms with E-state index in [0.717, 1.165) is 11.8 Å². The van der Waals surface area contributed by atoms with Crippen molar-refractivity contribution in [2.75, 3.05) is 5.73 Å². The maximum Gasteiger partial charge on any atom is 0.123 e. The minimum absolute atomic E-state index is 0.491. The van der Waals surface area contributed by atoms with Crippen LogP contribution in [0.1, 0.15) is 37.3 Å². The van der Waals surface area contributed by atoms with Crippen molar-refractivity contribution in [3.8, 4) is 0 Å². The van der Waals surface area contributed by atoms with E-state index in [1.165, 1.54) is 24.0 Å². The first-order chi connectivity index (χ1) is 6.59. The van der Waals surface area contributed by atoms with E-state index in [0.29, 0.717) is 11.2 Å². The maximum atomic E-state index is 5.70. The van der Waals surface area contributed by atoms with Gasteiger partial charge in [-0.05, 0) is 47.3 Å². The highest BCUT2D eigenvalue weighted by Gasteiger charge is 2.52. The fourth-order valence-corrected chi connectivity index (χ4v) is 3.17. The van der Waals surface area contributed by atoms with Gasteiger partial charge in [0.15, 0.2) is 0 Å². The van der Waals surface area contributed by atoms with Gasteiger partial charge in [0, 0.05) is 6.20 Å². The summed E-state index contributed by atoms with van der Waals surface area (Å²) in [6.45, 7) is 4.76. The summed E-state index contributed by atoms with van der Waals surface area (Å²) in [5.74, 6) is 2.26. The average molecular weight is 188 g/mol. The molecule has 3 aliphatic carbocycles. The van der Waals surface area contributed by atoms with Gasteiger partial charge in [-0.25, -0.2) is 4.98 Å². The van der Waals surface area contributed by atoms with Gasteiger partial charge in [0.25, 0.3) is 0 Å². The summed E-state index contributed by atoms with van der Waals surface area (Å²) >= 11 is 0. The Morgan fingerprint density at radius 1 is 1.50 bits per heavy atom. The topological polar surface area (TPSA) is 38.9 Å². The standard InChI is InChI=1S/C12H16N2/c1-12(2)8-3-7-4-11(13)14-6-9(7)10(12)5-8/h4,6,8,10H,3,5H2,1-2H3,(H2,13,14). The Hall–Kier alpha value is -1.05. The van der Waals surface area contributed by atoms with Gasteiger partial charge >= 0.3 is 0 Å². The monoisotopic (exact) mass is 188 g/mol. The predicted molar refractivity (Wildman–Crippen MR) is 57.0 cm³/mol. The molecule has 0 spiro atoms. The van der Waals surface area contributed by atoms with Crippen LogP contribution in [0.2, 0.25) is 0 Å². The molecule has 0 saturated heterocycles. The minimum Gasteiger partial charge on any atom is -0.384 e. The second-order valence-electron chi connectivity index (χ2n) is 5.32. The Bertz CT molecular complexity index is 395. The molecule has 2 bridgehead atoms. The number of anilines is 1. The van der Waals surface area contributed by atoms with Crippen molar-refractivity contribution in [2.24, 2.45) is 11.3 Å². The van der Waals surface area contributed by atoms with Crippen LogP contribution >= 0.6 is 0 Å². The minimum atomic E-state index is 0.491. The lowest BCUT2D eigenvalue weighted by Gasteiger charge is -2.57. The number of hydrogen-bond acceptors (Lipinski definition) is 2. The van der Waals surface area contributed by atoms with Crippen LogP contribution in [0.3, 0.4) is 0 Å². The fraction of sp³-hybridized carbons (Fsp3) is 0.583. The SMILES string of the molecule is CC1(C)C2Cc3cc(N)ncc3C1C2. The third kappa shape index (κ3) is 0.839. The van der Waals surface area contributed by atoms with Crippen LogP contribution in [0.5, 0.6) is 0 Å². The first-order valence-corrected chi connectivity index (χ1v) is 5.33. The lowest BCUT2D eigenvalue weighted by atomic mass is 9.48. The lowest BCUT2D eigenvalue weighted by molar-refractivity contribution is 0.0183. The van der Waals surface area contributed by atoms with E-state index in [1.807, 2.05) is 6.20 Å². The fourth-order valence-electron chi connectivity index (χ4n) is 3.17. The molecule has 1 aromatic heterocycles. The lowest BCUT2D eigenvalue weighted by Crippen LogP contribution is -2.48. The molecule has 14 heavy (non-hydrogen) atoms. The number of nitrogen functional groups attached to an aromatic ring is 1. The Morgan fingerprint density at radius 2 is 2.29 bits per heavy atom. The van der Waals surface area contributed by atoms with E-state index < -0.39 is 0 Å². The molecule has 74 valence electrons. The van der Waals surface area contributed by atoms with Gasteiger partial charge in [-0.3, -0.25) is 0 Å². The van der Waals surface area contributed by atoms with E-state index in [-0.39, 0.29) is 0 Å². The molecular weight excluding hydrogens is 172 g/mol. The molecule has 1 aromatic rings. The number of nitrogens with zero attached hydrogens (tertiary/aromatic N) is 1. The Kier molecular flexibility index (Phi) is 1.36. The normalized spacial score (nSPS) is 31.9. The van der Waals surface area contributed by atoms with Gasteiger partial charge in [0.05, 0.1) is 0 Å². The summed E-state index contributed by atoms with van der Waals surface area (Å²) in [5, 5.41) is 0. The van der Waals surface area contributed by atoms with Gasteiger partial charge < -0.3 is 5.73 Å². The molecule has 0 radical (unpaired) electrons. The number of aromatic nitrogens is 1. The number of hydrogen-bond donors (Lipinski definition) is 1. The van der Waals surface area contributed by atoms with Crippen molar-refractivity contribution in [2.45, 2.75) is 32.6 Å². The Balaban J connectivity index is 2.11. The summed E-state index contributed by atoms with van der Waals surface area (Å²) in [6.07, 6.45) is 4.55. The summed E-state index contributed by atoms with van der Waals surface area (Å²) in [7, 11) is 0. The first-order valence-electron chi connectivity index (χ1n) is 5.33. The highest BCUT2D eigenvalue weighted by atomic mass is 14.8. The van der Waals surface area contributed by atoms with Crippen LogP contribution < -0.4 is 5.73 Å². The average Bonchev–Trinajstić information content (AvgIpc) is 2.16. The van der Waals surface area contributed by atoms with Crippen molar-refractivity contribution in [1.82, 2.24) is 4.98 Å². The third-order valence-electron chi connectivity index (χ3n) is 4.36. The van der Waals surface area contributed by atoms with Crippen molar-refractivity contribution in [3.63, 3.8) is 0 Å². The van der Waals surface area contributed by atoms with Crippen LogP contribution in [-0.4, -0.2) is 4.98 Å². The van der Waals surface area contributed by atoms with Crippen LogP contribution in [0.15, 0.2) is 12.3 Å². The smallest absolute Gasteiger partial charge is 0.123 e. The summed E-state index contributed by atoms with van der Waals surface area (Å²) in [5.41, 5.74) is 9.08. The third-order valence-corrected chi connectivity index (χ3v) is 4.36. The molecule has 1 heterocycles. The summed E-state index contributed by atoms with van der Waals surface area (Å²) in [6, 6.07) is 2.06. The van der Waals surface area contributed by atoms with Gasteiger partial charge in [0.1, 0.15) is 5.82 Å². The molecule has 2 heteroatoms. The number of rotatable bonds is 0. The zero-order chi connectivity index (χ0) is 9.92. The highest BCUT2D eigenvalue weighted by molar-refractivity contribution is 5.44. The Morgan fingerprint density at radius 3 is 3.00 bits per heavy atom. The first kappa shape index (κ1) is 8.27. The summed E-state index contributed by atoms with van der Waals surface area (Å²) in [4.78, 5) is 4.21. The summed E-state index contributed by atoms with van der Waals surface area (Å²) < 4.78 is 0. The van der Waals surface area contributed by atoms with Gasteiger partial charge in [0.2, 0.25) is 0 Å². The maximum absolute atomic E-state index is 5.70. The molecule has 0 aliphatic heterocycles. The highest BCUT2D eigenvalue weighted by Crippen LogP contribution is 2.61. The second-order valence-corrected chi connectivity index (χ2v) is 5.32. The molecular formula is C12H16N2. The van der Waals surface area contributed by atoms with Crippen molar-refractivity contribution in [3.05, 3.63) is 23.4 Å². The van der Waals surface area contributed by atoms with E-state index >= 15 is 0 Å². The van der Waals surface area contributed by atoms with Gasteiger partial charge in [-0.1, -0.05) is 13.8 Å². The predicted octanol–water partition coefficient (Wildman–Crippen LogP) is 2.35. The molecule has 2 atom stereocenters. The Labute approximate surface area is 84.5 Å². The molecule has 1 fully saturated rings. The molecule has 0 amide bonds. The van der Waals surface area contributed by atoms with Crippen LogP contribution in [0.4, 0.5) is 5.82 Å². The molecule has 4 rings (SSSR count). The molecule has 1 saturated carbocycles. The van der Waals surface area contributed by atoms with Crippen LogP contribution in [0, 0.1) is 11.3 Å². The molecule has 2 unspecified atom stereocenters. The molecule has 2 N–H and O–H groups in total.